The predicted octanol–water partition coefficient (Wildman–Crippen LogP) is 3.39. The lowest BCUT2D eigenvalue weighted by Gasteiger charge is -2.16. The SMILES string of the molecule is CC(C)(C)C(=O)OCn1cnc(-c2ccc(Br)c(F)c2)n1. The Morgan fingerprint density at radius 2 is 2.14 bits per heavy atom. The summed E-state index contributed by atoms with van der Waals surface area (Å²) in [4.78, 5) is 15.7. The maximum absolute atomic E-state index is 13.5. The summed E-state index contributed by atoms with van der Waals surface area (Å²) >= 11 is 3.09. The molecule has 2 rings (SSSR count). The summed E-state index contributed by atoms with van der Waals surface area (Å²) in [6.07, 6.45) is 1.44. The van der Waals surface area contributed by atoms with Gasteiger partial charge in [-0.1, -0.05) is 0 Å². The Kier molecular flexibility index (Phi) is 4.41. The molecule has 0 amide bonds. The summed E-state index contributed by atoms with van der Waals surface area (Å²) in [6.45, 7) is 5.29. The molecule has 0 radical (unpaired) electrons. The molecule has 0 aliphatic heterocycles. The number of esters is 1. The number of halogens is 2. The monoisotopic (exact) mass is 355 g/mol. The van der Waals surface area contributed by atoms with E-state index in [0.29, 0.717) is 15.9 Å². The number of hydrogen-bond donors (Lipinski definition) is 0. The average Bonchev–Trinajstić information content (AvgIpc) is 2.87. The smallest absolute Gasteiger partial charge is 0.313 e. The molecule has 1 heterocycles. The number of carbonyl (C=O) groups is 1. The molecule has 0 spiro atoms. The van der Waals surface area contributed by atoms with Gasteiger partial charge in [0.25, 0.3) is 0 Å². The minimum atomic E-state index is -0.571. The molecule has 0 aliphatic carbocycles. The number of ether oxygens (including phenoxy) is 1. The van der Waals surface area contributed by atoms with E-state index in [2.05, 4.69) is 26.0 Å². The van der Waals surface area contributed by atoms with E-state index in [0.717, 1.165) is 0 Å². The predicted molar refractivity (Wildman–Crippen MR) is 78.7 cm³/mol. The molecule has 21 heavy (non-hydrogen) atoms. The molecule has 0 atom stereocenters. The first-order valence-corrected chi connectivity index (χ1v) is 7.09. The Morgan fingerprint density at radius 3 is 2.76 bits per heavy atom. The second-order valence-electron chi connectivity index (χ2n) is 5.55. The van der Waals surface area contributed by atoms with Gasteiger partial charge in [-0.2, -0.15) is 0 Å². The molecule has 0 N–H and O–H groups in total. The van der Waals surface area contributed by atoms with Crippen LogP contribution >= 0.6 is 15.9 Å². The van der Waals surface area contributed by atoms with Crippen molar-refractivity contribution in [1.29, 1.82) is 0 Å². The second-order valence-corrected chi connectivity index (χ2v) is 6.40. The van der Waals surface area contributed by atoms with Crippen molar-refractivity contribution in [1.82, 2.24) is 14.8 Å². The Balaban J connectivity index is 2.08. The standard InChI is InChI=1S/C14H15BrFN3O2/c1-14(2,3)13(20)21-8-19-7-17-12(18-19)9-4-5-10(15)11(16)6-9/h4-7H,8H2,1-3H3. The van der Waals surface area contributed by atoms with Crippen LogP contribution in [0.25, 0.3) is 11.4 Å². The molecule has 2 aromatic rings. The van der Waals surface area contributed by atoms with Crippen LogP contribution < -0.4 is 0 Å². The quantitative estimate of drug-likeness (QED) is 0.791. The highest BCUT2D eigenvalue weighted by Crippen LogP contribution is 2.22. The Bertz CT molecular complexity index is 664. The normalized spacial score (nSPS) is 11.5. The molecule has 0 fully saturated rings. The van der Waals surface area contributed by atoms with Gasteiger partial charge in [0.2, 0.25) is 0 Å². The Morgan fingerprint density at radius 1 is 1.43 bits per heavy atom. The van der Waals surface area contributed by atoms with Crippen molar-refractivity contribution in [3.05, 3.63) is 34.8 Å². The number of hydrogen-bond acceptors (Lipinski definition) is 4. The highest BCUT2D eigenvalue weighted by atomic mass is 79.9. The minimum absolute atomic E-state index is 0.0257. The number of carbonyl (C=O) groups excluding carboxylic acids is 1. The molecule has 0 saturated carbocycles. The average molecular weight is 356 g/mol. The second kappa shape index (κ2) is 5.93. The van der Waals surface area contributed by atoms with Crippen molar-refractivity contribution in [2.45, 2.75) is 27.5 Å². The number of benzene rings is 1. The van der Waals surface area contributed by atoms with Crippen molar-refractivity contribution in [3.63, 3.8) is 0 Å². The summed E-state index contributed by atoms with van der Waals surface area (Å²) in [6, 6.07) is 4.63. The number of aromatic nitrogens is 3. The highest BCUT2D eigenvalue weighted by Gasteiger charge is 2.23. The molecule has 5 nitrogen and oxygen atoms in total. The van der Waals surface area contributed by atoms with Gasteiger partial charge in [-0.25, -0.2) is 14.1 Å². The van der Waals surface area contributed by atoms with Crippen LogP contribution in [0.2, 0.25) is 0 Å². The largest absolute Gasteiger partial charge is 0.442 e. The minimum Gasteiger partial charge on any atom is -0.442 e. The van der Waals surface area contributed by atoms with Crippen molar-refractivity contribution in [2.24, 2.45) is 5.41 Å². The van der Waals surface area contributed by atoms with E-state index >= 15 is 0 Å². The van der Waals surface area contributed by atoms with E-state index in [1.54, 1.807) is 32.9 Å². The van der Waals surface area contributed by atoms with E-state index in [1.165, 1.54) is 17.1 Å². The fourth-order valence-electron chi connectivity index (χ4n) is 1.47. The van der Waals surface area contributed by atoms with Gasteiger partial charge in [0.1, 0.15) is 12.1 Å². The third-order valence-corrected chi connectivity index (χ3v) is 3.30. The Hall–Kier alpha value is -1.76. The highest BCUT2D eigenvalue weighted by molar-refractivity contribution is 9.10. The maximum atomic E-state index is 13.5. The van der Waals surface area contributed by atoms with Crippen LogP contribution in [0.1, 0.15) is 20.8 Å². The third-order valence-electron chi connectivity index (χ3n) is 2.65. The molecular weight excluding hydrogens is 341 g/mol. The first-order chi connectivity index (χ1) is 9.77. The molecule has 0 unspecified atom stereocenters. The third kappa shape index (κ3) is 3.87. The summed E-state index contributed by atoms with van der Waals surface area (Å²) in [5, 5.41) is 4.15. The molecular formula is C14H15BrFN3O2. The van der Waals surface area contributed by atoms with E-state index in [1.807, 2.05) is 0 Å². The van der Waals surface area contributed by atoms with E-state index in [9.17, 15) is 9.18 Å². The van der Waals surface area contributed by atoms with Gasteiger partial charge in [0.15, 0.2) is 12.6 Å². The van der Waals surface area contributed by atoms with E-state index in [4.69, 9.17) is 4.74 Å². The summed E-state index contributed by atoms with van der Waals surface area (Å²) in [7, 11) is 0. The summed E-state index contributed by atoms with van der Waals surface area (Å²) in [5.41, 5.74) is -0.0188. The zero-order valence-electron chi connectivity index (χ0n) is 11.9. The van der Waals surface area contributed by atoms with Crippen molar-refractivity contribution in [3.8, 4) is 11.4 Å². The topological polar surface area (TPSA) is 57.0 Å². The maximum Gasteiger partial charge on any atom is 0.313 e. The van der Waals surface area contributed by atoms with Crippen molar-refractivity contribution >= 4 is 21.9 Å². The molecule has 0 saturated heterocycles. The summed E-state index contributed by atoms with van der Waals surface area (Å²) in [5.74, 6) is -0.342. The van der Waals surface area contributed by atoms with Crippen LogP contribution in [0.4, 0.5) is 4.39 Å². The van der Waals surface area contributed by atoms with Gasteiger partial charge in [0.05, 0.1) is 9.89 Å². The molecule has 1 aromatic carbocycles. The zero-order chi connectivity index (χ0) is 15.6. The van der Waals surface area contributed by atoms with Gasteiger partial charge in [0, 0.05) is 5.56 Å². The van der Waals surface area contributed by atoms with Crippen molar-refractivity contribution < 1.29 is 13.9 Å². The fraction of sp³-hybridized carbons (Fsp3) is 0.357. The van der Waals surface area contributed by atoms with Crippen LogP contribution in [0.5, 0.6) is 0 Å². The molecule has 112 valence electrons. The van der Waals surface area contributed by atoms with Gasteiger partial charge in [-0.3, -0.25) is 4.79 Å². The lowest BCUT2D eigenvalue weighted by atomic mass is 9.98. The molecule has 0 aliphatic rings. The Labute approximate surface area is 130 Å². The first-order valence-electron chi connectivity index (χ1n) is 6.29. The molecule has 0 bridgehead atoms. The lowest BCUT2D eigenvalue weighted by Crippen LogP contribution is -2.24. The van der Waals surface area contributed by atoms with Gasteiger partial charge in [-0.05, 0) is 54.9 Å². The fourth-order valence-corrected chi connectivity index (χ4v) is 1.71. The summed E-state index contributed by atoms with van der Waals surface area (Å²) < 4.78 is 20.4. The van der Waals surface area contributed by atoms with E-state index < -0.39 is 5.41 Å². The molecule has 1 aromatic heterocycles. The number of rotatable bonds is 3. The van der Waals surface area contributed by atoms with Crippen LogP contribution in [0.3, 0.4) is 0 Å². The number of nitrogens with zero attached hydrogens (tertiary/aromatic N) is 3. The van der Waals surface area contributed by atoms with Crippen LogP contribution in [0, 0.1) is 11.2 Å². The van der Waals surface area contributed by atoms with Gasteiger partial charge < -0.3 is 4.74 Å². The van der Waals surface area contributed by atoms with Gasteiger partial charge in [-0.15, -0.1) is 5.10 Å². The van der Waals surface area contributed by atoms with Crippen LogP contribution in [-0.4, -0.2) is 20.7 Å². The lowest BCUT2D eigenvalue weighted by molar-refractivity contribution is -0.157. The van der Waals surface area contributed by atoms with Crippen LogP contribution in [0.15, 0.2) is 29.0 Å². The van der Waals surface area contributed by atoms with Gasteiger partial charge >= 0.3 is 5.97 Å². The van der Waals surface area contributed by atoms with Crippen molar-refractivity contribution in [2.75, 3.05) is 0 Å². The zero-order valence-corrected chi connectivity index (χ0v) is 13.5. The first kappa shape index (κ1) is 15.6. The van der Waals surface area contributed by atoms with Crippen LogP contribution in [-0.2, 0) is 16.3 Å². The molecule has 7 heteroatoms. The van der Waals surface area contributed by atoms with E-state index in [-0.39, 0.29) is 18.5 Å².